The number of halogens is 1. The number of nitrogens with zero attached hydrogens (tertiary/aromatic N) is 1. The third-order valence-electron chi connectivity index (χ3n) is 3.21. The maximum atomic E-state index is 6.06. The Labute approximate surface area is 128 Å². The van der Waals surface area contributed by atoms with E-state index in [0.29, 0.717) is 0 Å². The quantitative estimate of drug-likeness (QED) is 0.890. The van der Waals surface area contributed by atoms with Gasteiger partial charge in [0.15, 0.2) is 0 Å². The second-order valence-electron chi connectivity index (χ2n) is 4.81. The van der Waals surface area contributed by atoms with Gasteiger partial charge in [-0.15, -0.1) is 0 Å². The molecule has 0 spiro atoms. The molecule has 3 nitrogen and oxygen atoms in total. The van der Waals surface area contributed by atoms with Crippen molar-refractivity contribution in [2.75, 3.05) is 0 Å². The molecule has 0 radical (unpaired) electrons. The SMILES string of the molecule is CCC(N)Cc1ccc(Br)cc1Oc1cccnc1C. The van der Waals surface area contributed by atoms with Gasteiger partial charge >= 0.3 is 0 Å². The lowest BCUT2D eigenvalue weighted by molar-refractivity contribution is 0.465. The molecule has 0 fully saturated rings. The van der Waals surface area contributed by atoms with E-state index in [1.165, 1.54) is 0 Å². The molecule has 0 aliphatic rings. The van der Waals surface area contributed by atoms with Crippen LogP contribution in [0, 0.1) is 6.92 Å². The van der Waals surface area contributed by atoms with E-state index in [0.717, 1.165) is 40.1 Å². The summed E-state index contributed by atoms with van der Waals surface area (Å²) in [6.07, 6.45) is 3.51. The second kappa shape index (κ2) is 6.86. The molecule has 1 unspecified atom stereocenters. The molecule has 0 aliphatic carbocycles. The van der Waals surface area contributed by atoms with Crippen molar-refractivity contribution in [2.45, 2.75) is 32.7 Å². The molecule has 2 aromatic rings. The summed E-state index contributed by atoms with van der Waals surface area (Å²) in [6, 6.07) is 9.99. The molecule has 0 aliphatic heterocycles. The highest BCUT2D eigenvalue weighted by Crippen LogP contribution is 2.30. The molecular formula is C16H19BrN2O. The first-order valence-corrected chi connectivity index (χ1v) is 7.53. The lowest BCUT2D eigenvalue weighted by Gasteiger charge is -2.15. The zero-order valence-electron chi connectivity index (χ0n) is 11.8. The summed E-state index contributed by atoms with van der Waals surface area (Å²) in [4.78, 5) is 4.24. The van der Waals surface area contributed by atoms with Crippen LogP contribution in [0.3, 0.4) is 0 Å². The third-order valence-corrected chi connectivity index (χ3v) is 3.71. The van der Waals surface area contributed by atoms with Crippen molar-refractivity contribution in [1.82, 2.24) is 4.98 Å². The smallest absolute Gasteiger partial charge is 0.148 e. The monoisotopic (exact) mass is 334 g/mol. The molecule has 0 bridgehead atoms. The topological polar surface area (TPSA) is 48.1 Å². The highest BCUT2D eigenvalue weighted by atomic mass is 79.9. The summed E-state index contributed by atoms with van der Waals surface area (Å²) in [5.74, 6) is 1.61. The number of aryl methyl sites for hydroxylation is 1. The Kier molecular flexibility index (Phi) is 5.15. The van der Waals surface area contributed by atoms with Gasteiger partial charge in [-0.3, -0.25) is 4.98 Å². The largest absolute Gasteiger partial charge is 0.455 e. The van der Waals surface area contributed by atoms with Gasteiger partial charge < -0.3 is 10.5 Å². The molecule has 2 N–H and O–H groups in total. The molecule has 0 saturated heterocycles. The van der Waals surface area contributed by atoms with Crippen molar-refractivity contribution in [2.24, 2.45) is 5.73 Å². The number of hydrogen-bond donors (Lipinski definition) is 1. The van der Waals surface area contributed by atoms with E-state index in [9.17, 15) is 0 Å². The third kappa shape index (κ3) is 3.81. The summed E-state index contributed by atoms with van der Waals surface area (Å²) < 4.78 is 7.01. The molecular weight excluding hydrogens is 316 g/mol. The zero-order chi connectivity index (χ0) is 14.5. The Hall–Kier alpha value is -1.39. The van der Waals surface area contributed by atoms with E-state index >= 15 is 0 Å². The molecule has 106 valence electrons. The Bertz CT molecular complexity index is 586. The van der Waals surface area contributed by atoms with E-state index in [1.807, 2.05) is 31.2 Å². The number of hydrogen-bond acceptors (Lipinski definition) is 3. The minimum atomic E-state index is 0.147. The predicted octanol–water partition coefficient (Wildman–Crippen LogP) is 4.22. The lowest BCUT2D eigenvalue weighted by atomic mass is 10.0. The normalized spacial score (nSPS) is 12.2. The van der Waals surface area contributed by atoms with Crippen LogP contribution in [0.1, 0.15) is 24.6 Å². The van der Waals surface area contributed by atoms with E-state index in [4.69, 9.17) is 10.5 Å². The van der Waals surface area contributed by atoms with Crippen molar-refractivity contribution >= 4 is 15.9 Å². The standard InChI is InChI=1S/C16H19BrN2O/c1-3-14(18)9-12-6-7-13(17)10-16(12)20-15-5-4-8-19-11(15)2/h4-8,10,14H,3,9,18H2,1-2H3. The van der Waals surface area contributed by atoms with Crippen LogP contribution in [0.25, 0.3) is 0 Å². The average Bonchev–Trinajstić information content (AvgIpc) is 2.44. The number of pyridine rings is 1. The summed E-state index contributed by atoms with van der Waals surface area (Å²) in [6.45, 7) is 4.03. The van der Waals surface area contributed by atoms with Crippen molar-refractivity contribution < 1.29 is 4.74 Å². The summed E-state index contributed by atoms with van der Waals surface area (Å²) in [5.41, 5.74) is 8.05. The van der Waals surface area contributed by atoms with E-state index < -0.39 is 0 Å². The number of ether oxygens (including phenoxy) is 1. The number of benzene rings is 1. The van der Waals surface area contributed by atoms with Gasteiger partial charge in [-0.05, 0) is 49.6 Å². The zero-order valence-corrected chi connectivity index (χ0v) is 13.4. The fourth-order valence-corrected chi connectivity index (χ4v) is 2.25. The van der Waals surface area contributed by atoms with Gasteiger partial charge in [-0.25, -0.2) is 0 Å². The fraction of sp³-hybridized carbons (Fsp3) is 0.312. The van der Waals surface area contributed by atoms with Crippen LogP contribution in [0.5, 0.6) is 11.5 Å². The van der Waals surface area contributed by atoms with Crippen molar-refractivity contribution in [3.05, 3.63) is 52.3 Å². The van der Waals surface area contributed by atoms with Gasteiger partial charge in [0.05, 0.1) is 5.69 Å². The first kappa shape index (κ1) is 15.0. The van der Waals surface area contributed by atoms with Crippen LogP contribution in [0.4, 0.5) is 0 Å². The molecule has 4 heteroatoms. The highest BCUT2D eigenvalue weighted by molar-refractivity contribution is 9.10. The minimum absolute atomic E-state index is 0.147. The Balaban J connectivity index is 2.30. The molecule has 0 amide bonds. The minimum Gasteiger partial charge on any atom is -0.455 e. The van der Waals surface area contributed by atoms with Crippen LogP contribution < -0.4 is 10.5 Å². The fourth-order valence-electron chi connectivity index (χ4n) is 1.91. The van der Waals surface area contributed by atoms with Crippen molar-refractivity contribution in [3.8, 4) is 11.5 Å². The highest BCUT2D eigenvalue weighted by Gasteiger charge is 2.11. The number of rotatable bonds is 5. The molecule has 0 saturated carbocycles. The maximum Gasteiger partial charge on any atom is 0.148 e. The number of aromatic nitrogens is 1. The van der Waals surface area contributed by atoms with Gasteiger partial charge in [0.1, 0.15) is 11.5 Å². The van der Waals surface area contributed by atoms with Crippen molar-refractivity contribution in [1.29, 1.82) is 0 Å². The molecule has 1 aromatic heterocycles. The second-order valence-corrected chi connectivity index (χ2v) is 5.73. The first-order valence-electron chi connectivity index (χ1n) is 6.73. The summed E-state index contributed by atoms with van der Waals surface area (Å²) in [5, 5.41) is 0. The van der Waals surface area contributed by atoms with Gasteiger partial charge in [0.2, 0.25) is 0 Å². The van der Waals surface area contributed by atoms with Crippen LogP contribution in [0.15, 0.2) is 41.0 Å². The molecule has 1 atom stereocenters. The van der Waals surface area contributed by atoms with Crippen LogP contribution >= 0.6 is 15.9 Å². The molecule has 1 heterocycles. The van der Waals surface area contributed by atoms with E-state index in [2.05, 4.69) is 33.9 Å². The summed E-state index contributed by atoms with van der Waals surface area (Å²) >= 11 is 3.48. The lowest BCUT2D eigenvalue weighted by Crippen LogP contribution is -2.21. The van der Waals surface area contributed by atoms with Crippen molar-refractivity contribution in [3.63, 3.8) is 0 Å². The van der Waals surface area contributed by atoms with E-state index in [1.54, 1.807) is 6.20 Å². The van der Waals surface area contributed by atoms with Crippen LogP contribution in [-0.4, -0.2) is 11.0 Å². The number of nitrogens with two attached hydrogens (primary N) is 1. The van der Waals surface area contributed by atoms with Crippen LogP contribution in [0.2, 0.25) is 0 Å². The Morgan fingerprint density at radius 1 is 1.30 bits per heavy atom. The molecule has 20 heavy (non-hydrogen) atoms. The predicted molar refractivity (Wildman–Crippen MR) is 85.2 cm³/mol. The van der Waals surface area contributed by atoms with Crippen LogP contribution in [-0.2, 0) is 6.42 Å². The summed E-state index contributed by atoms with van der Waals surface area (Å²) in [7, 11) is 0. The van der Waals surface area contributed by atoms with Gasteiger partial charge in [-0.2, -0.15) is 0 Å². The van der Waals surface area contributed by atoms with E-state index in [-0.39, 0.29) is 6.04 Å². The van der Waals surface area contributed by atoms with Gasteiger partial charge in [0, 0.05) is 16.7 Å². The molecule has 1 aromatic carbocycles. The molecule has 2 rings (SSSR count). The average molecular weight is 335 g/mol. The first-order chi connectivity index (χ1) is 9.60. The Morgan fingerprint density at radius 3 is 2.80 bits per heavy atom. The maximum absolute atomic E-state index is 6.06. The van der Waals surface area contributed by atoms with Gasteiger partial charge in [-0.1, -0.05) is 28.9 Å². The van der Waals surface area contributed by atoms with Gasteiger partial charge in [0.25, 0.3) is 0 Å². The Morgan fingerprint density at radius 2 is 2.10 bits per heavy atom.